The standard InChI is InChI=1S/C14H14Cl3N/c1-3-7-4-6(2)9-8-5-13(16,17)14(8)10(12(14)15)11(9)18-7/h4,8,10,12H,3,5H2,1-2H3/t8-,10+,12-,14-/m1/s1. The minimum absolute atomic E-state index is 0.0674. The van der Waals surface area contributed by atoms with Gasteiger partial charge in [0.15, 0.2) is 0 Å². The molecule has 4 rings (SSSR count). The first-order valence-corrected chi connectivity index (χ1v) is 7.66. The van der Waals surface area contributed by atoms with Crippen LogP contribution in [0.4, 0.5) is 0 Å². The smallest absolute Gasteiger partial charge is 0.127 e. The minimum atomic E-state index is -0.658. The molecule has 1 spiro atoms. The van der Waals surface area contributed by atoms with E-state index in [0.29, 0.717) is 5.92 Å². The van der Waals surface area contributed by atoms with Gasteiger partial charge in [0.2, 0.25) is 0 Å². The number of alkyl halides is 3. The highest BCUT2D eigenvalue weighted by atomic mass is 35.5. The summed E-state index contributed by atoms with van der Waals surface area (Å²) in [7, 11) is 0. The molecular formula is C14H14Cl3N. The lowest BCUT2D eigenvalue weighted by Gasteiger charge is -2.47. The summed E-state index contributed by atoms with van der Waals surface area (Å²) in [6.45, 7) is 4.30. The average molecular weight is 303 g/mol. The van der Waals surface area contributed by atoms with Gasteiger partial charge in [-0.1, -0.05) is 6.92 Å². The molecule has 2 saturated carbocycles. The van der Waals surface area contributed by atoms with Crippen molar-refractivity contribution in [3.63, 3.8) is 0 Å². The predicted octanol–water partition coefficient (Wildman–Crippen LogP) is 4.32. The van der Waals surface area contributed by atoms with Crippen molar-refractivity contribution in [2.75, 3.05) is 0 Å². The number of pyridine rings is 1. The van der Waals surface area contributed by atoms with Gasteiger partial charge < -0.3 is 0 Å². The molecule has 18 heavy (non-hydrogen) atoms. The Kier molecular flexibility index (Phi) is 2.09. The third kappa shape index (κ3) is 1.00. The summed E-state index contributed by atoms with van der Waals surface area (Å²) in [5, 5.41) is 0.0674. The molecule has 4 atom stereocenters. The van der Waals surface area contributed by atoms with Gasteiger partial charge in [-0.3, -0.25) is 4.98 Å². The second kappa shape index (κ2) is 3.19. The lowest BCUT2D eigenvalue weighted by atomic mass is 9.67. The van der Waals surface area contributed by atoms with Gasteiger partial charge in [0.1, 0.15) is 4.33 Å². The fourth-order valence-corrected chi connectivity index (χ4v) is 6.16. The molecule has 0 radical (unpaired) electrons. The van der Waals surface area contributed by atoms with Crippen LogP contribution in [0.1, 0.15) is 47.7 Å². The molecule has 2 fully saturated rings. The zero-order chi connectivity index (χ0) is 12.9. The van der Waals surface area contributed by atoms with Crippen molar-refractivity contribution in [2.24, 2.45) is 5.41 Å². The zero-order valence-corrected chi connectivity index (χ0v) is 12.6. The van der Waals surface area contributed by atoms with E-state index in [1.807, 2.05) is 0 Å². The molecule has 1 heterocycles. The quantitative estimate of drug-likeness (QED) is 0.704. The molecule has 1 aromatic rings. The van der Waals surface area contributed by atoms with Crippen LogP contribution >= 0.6 is 34.8 Å². The van der Waals surface area contributed by atoms with Crippen molar-refractivity contribution >= 4 is 34.8 Å². The zero-order valence-electron chi connectivity index (χ0n) is 10.3. The maximum atomic E-state index is 6.49. The van der Waals surface area contributed by atoms with Gasteiger partial charge in [-0.05, 0) is 42.9 Å². The Bertz CT molecular complexity index is 568. The monoisotopic (exact) mass is 301 g/mol. The van der Waals surface area contributed by atoms with Crippen LogP contribution in [-0.2, 0) is 6.42 Å². The number of halogens is 3. The van der Waals surface area contributed by atoms with Crippen molar-refractivity contribution in [3.8, 4) is 0 Å². The van der Waals surface area contributed by atoms with E-state index in [1.54, 1.807) is 0 Å². The summed E-state index contributed by atoms with van der Waals surface area (Å²) >= 11 is 19.4. The highest BCUT2D eigenvalue weighted by Crippen LogP contribution is 2.88. The molecule has 3 aliphatic carbocycles. The number of aryl methyl sites for hydroxylation is 2. The Balaban J connectivity index is 1.91. The SMILES string of the molecule is CCc1cc(C)c2c(n1)[C@H]1[C@@H](Cl)[C@@]13[C@@H]2CC3(Cl)Cl. The normalized spacial score (nSPS) is 41.7. The highest BCUT2D eigenvalue weighted by Gasteiger charge is 2.87. The number of fused-ring (bicyclic) bond motifs is 3. The van der Waals surface area contributed by atoms with Crippen LogP contribution in [0.5, 0.6) is 0 Å². The molecule has 3 aliphatic rings. The van der Waals surface area contributed by atoms with Gasteiger partial charge in [0, 0.05) is 22.7 Å². The Labute approximate surface area is 122 Å². The lowest BCUT2D eigenvalue weighted by molar-refractivity contribution is 0.212. The molecule has 0 saturated heterocycles. The van der Waals surface area contributed by atoms with E-state index >= 15 is 0 Å². The van der Waals surface area contributed by atoms with Crippen LogP contribution in [-0.4, -0.2) is 14.7 Å². The van der Waals surface area contributed by atoms with Gasteiger partial charge in [0.05, 0.1) is 5.38 Å². The minimum Gasteiger partial charge on any atom is -0.257 e. The summed E-state index contributed by atoms with van der Waals surface area (Å²) in [5.41, 5.74) is 4.92. The summed E-state index contributed by atoms with van der Waals surface area (Å²) in [6.07, 6.45) is 1.77. The summed E-state index contributed by atoms with van der Waals surface area (Å²) in [5.74, 6) is 0.696. The molecule has 0 amide bonds. The largest absolute Gasteiger partial charge is 0.257 e. The van der Waals surface area contributed by atoms with Gasteiger partial charge >= 0.3 is 0 Å². The third-order valence-corrected chi connectivity index (χ3v) is 6.75. The van der Waals surface area contributed by atoms with Gasteiger partial charge in [-0.15, -0.1) is 34.8 Å². The maximum Gasteiger partial charge on any atom is 0.127 e. The highest BCUT2D eigenvalue weighted by molar-refractivity contribution is 6.51. The first kappa shape index (κ1) is 11.8. The number of aromatic nitrogens is 1. The van der Waals surface area contributed by atoms with E-state index in [9.17, 15) is 0 Å². The number of hydrogen-bond donors (Lipinski definition) is 0. The van der Waals surface area contributed by atoms with Crippen LogP contribution in [0, 0.1) is 12.3 Å². The van der Waals surface area contributed by atoms with E-state index in [-0.39, 0.29) is 16.7 Å². The van der Waals surface area contributed by atoms with Gasteiger partial charge in [-0.25, -0.2) is 0 Å². The van der Waals surface area contributed by atoms with Crippen LogP contribution in [0.15, 0.2) is 6.07 Å². The van der Waals surface area contributed by atoms with Crippen molar-refractivity contribution in [3.05, 3.63) is 28.6 Å². The van der Waals surface area contributed by atoms with Gasteiger partial charge in [-0.2, -0.15) is 0 Å². The Morgan fingerprint density at radius 3 is 2.78 bits per heavy atom. The molecule has 0 N–H and O–H groups in total. The van der Waals surface area contributed by atoms with E-state index in [0.717, 1.165) is 18.5 Å². The third-order valence-electron chi connectivity index (χ3n) is 5.18. The van der Waals surface area contributed by atoms with Crippen LogP contribution in [0.25, 0.3) is 0 Å². The first-order valence-electron chi connectivity index (χ1n) is 6.47. The van der Waals surface area contributed by atoms with Crippen molar-refractivity contribution < 1.29 is 0 Å². The fourth-order valence-electron chi connectivity index (χ4n) is 4.28. The van der Waals surface area contributed by atoms with Crippen molar-refractivity contribution in [1.82, 2.24) is 4.98 Å². The second-order valence-corrected chi connectivity index (χ2v) is 7.81. The van der Waals surface area contributed by atoms with E-state index in [1.165, 1.54) is 16.8 Å². The number of nitrogens with zero attached hydrogens (tertiary/aromatic N) is 1. The molecule has 96 valence electrons. The van der Waals surface area contributed by atoms with Crippen molar-refractivity contribution in [2.45, 2.75) is 48.2 Å². The molecule has 0 bridgehead atoms. The molecule has 4 heteroatoms. The van der Waals surface area contributed by atoms with Crippen LogP contribution in [0.2, 0.25) is 0 Å². The van der Waals surface area contributed by atoms with E-state index in [4.69, 9.17) is 39.8 Å². The summed E-state index contributed by atoms with van der Waals surface area (Å²) < 4.78 is -0.658. The first-order chi connectivity index (χ1) is 8.45. The fraction of sp³-hybridized carbons (Fsp3) is 0.643. The molecule has 0 unspecified atom stereocenters. The Morgan fingerprint density at radius 2 is 2.17 bits per heavy atom. The van der Waals surface area contributed by atoms with Crippen LogP contribution < -0.4 is 0 Å². The predicted molar refractivity (Wildman–Crippen MR) is 75.0 cm³/mol. The number of rotatable bonds is 1. The van der Waals surface area contributed by atoms with Crippen LogP contribution in [0.3, 0.4) is 0 Å². The molecular weight excluding hydrogens is 289 g/mol. The molecule has 1 aromatic heterocycles. The summed E-state index contributed by atoms with van der Waals surface area (Å²) in [4.78, 5) is 4.81. The van der Waals surface area contributed by atoms with Gasteiger partial charge in [0.25, 0.3) is 0 Å². The van der Waals surface area contributed by atoms with E-state index < -0.39 is 4.33 Å². The van der Waals surface area contributed by atoms with E-state index in [2.05, 4.69) is 19.9 Å². The Hall–Kier alpha value is 0.0200. The topological polar surface area (TPSA) is 12.9 Å². The summed E-state index contributed by atoms with van der Waals surface area (Å²) in [6, 6.07) is 2.20. The number of hydrogen-bond acceptors (Lipinski definition) is 1. The molecule has 0 aromatic carbocycles. The molecule has 0 aliphatic heterocycles. The average Bonchev–Trinajstić information content (AvgIpc) is 2.86. The molecule has 1 nitrogen and oxygen atoms in total. The maximum absolute atomic E-state index is 6.49. The Morgan fingerprint density at radius 1 is 1.44 bits per heavy atom. The van der Waals surface area contributed by atoms with Crippen molar-refractivity contribution in [1.29, 1.82) is 0 Å². The second-order valence-electron chi connectivity index (χ2n) is 5.86. The lowest BCUT2D eigenvalue weighted by Crippen LogP contribution is -2.47.